The van der Waals surface area contributed by atoms with Crippen LogP contribution in [0.2, 0.25) is 0 Å². The van der Waals surface area contributed by atoms with Crippen molar-refractivity contribution in [2.75, 3.05) is 24.6 Å². The number of rotatable bonds is 7. The highest BCUT2D eigenvalue weighted by Gasteiger charge is 2.39. The zero-order chi connectivity index (χ0) is 13.6. The maximum atomic E-state index is 12.2. The van der Waals surface area contributed by atoms with Crippen molar-refractivity contribution in [3.63, 3.8) is 0 Å². The Morgan fingerprint density at radius 3 is 2.61 bits per heavy atom. The average molecular weight is 276 g/mol. The Bertz CT molecular complexity index is 373. The normalized spacial score (nSPS) is 24.1. The van der Waals surface area contributed by atoms with E-state index in [4.69, 9.17) is 0 Å². The predicted molar refractivity (Wildman–Crippen MR) is 72.2 cm³/mol. The second-order valence-corrected chi connectivity index (χ2v) is 7.33. The fraction of sp³-hybridized carbons (Fsp3) is 0.917. The number of hydrogen-bond acceptors (Lipinski definition) is 4. The van der Waals surface area contributed by atoms with Crippen LogP contribution in [0.3, 0.4) is 0 Å². The molecule has 1 aliphatic heterocycles. The summed E-state index contributed by atoms with van der Waals surface area (Å²) in [6, 6.07) is 0. The minimum absolute atomic E-state index is 0.0252. The molecule has 0 saturated carbocycles. The topological polar surface area (TPSA) is 75.3 Å². The van der Waals surface area contributed by atoms with Gasteiger partial charge in [-0.2, -0.15) is 0 Å². The van der Waals surface area contributed by atoms with Crippen LogP contribution in [0.5, 0.6) is 0 Å². The number of hydrogen-bond donors (Lipinski definition) is 2. The van der Waals surface area contributed by atoms with E-state index in [-0.39, 0.29) is 24.0 Å². The van der Waals surface area contributed by atoms with Gasteiger partial charge in [-0.05, 0) is 25.8 Å². The van der Waals surface area contributed by atoms with Gasteiger partial charge in [0.2, 0.25) is 5.91 Å². The fourth-order valence-corrected chi connectivity index (χ4v) is 3.09. The van der Waals surface area contributed by atoms with Crippen LogP contribution in [0.25, 0.3) is 0 Å². The molecule has 1 atom stereocenters. The van der Waals surface area contributed by atoms with Crippen LogP contribution in [-0.2, 0) is 14.6 Å². The van der Waals surface area contributed by atoms with E-state index < -0.39 is 15.4 Å². The van der Waals surface area contributed by atoms with Crippen molar-refractivity contribution in [1.82, 2.24) is 10.6 Å². The quantitative estimate of drug-likeness (QED) is 0.708. The molecule has 18 heavy (non-hydrogen) atoms. The molecular formula is C12H24N2O3S. The third-order valence-corrected chi connectivity index (χ3v) is 5.20. The summed E-state index contributed by atoms with van der Waals surface area (Å²) in [6.07, 6.45) is 3.58. The lowest BCUT2D eigenvalue weighted by Gasteiger charge is -2.27. The first-order valence-corrected chi connectivity index (χ1v) is 8.51. The molecule has 0 radical (unpaired) electrons. The van der Waals surface area contributed by atoms with Crippen LogP contribution in [0, 0.1) is 0 Å². The molecule has 0 aromatic heterocycles. The highest BCUT2D eigenvalue weighted by molar-refractivity contribution is 7.91. The maximum Gasteiger partial charge on any atom is 0.240 e. The monoisotopic (exact) mass is 276 g/mol. The Morgan fingerprint density at radius 1 is 1.39 bits per heavy atom. The Morgan fingerprint density at radius 2 is 2.11 bits per heavy atom. The van der Waals surface area contributed by atoms with Crippen LogP contribution in [0.4, 0.5) is 0 Å². The number of amides is 1. The number of carbonyl (C=O) groups excluding carboxylic acids is 1. The van der Waals surface area contributed by atoms with Gasteiger partial charge in [-0.1, -0.05) is 20.3 Å². The van der Waals surface area contributed by atoms with E-state index in [9.17, 15) is 13.2 Å². The molecule has 106 valence electrons. The molecule has 6 heteroatoms. The molecule has 1 saturated heterocycles. The van der Waals surface area contributed by atoms with Gasteiger partial charge in [-0.3, -0.25) is 4.79 Å². The standard InChI is InChI=1S/C12H24N2O3S/c1-3-6-12(7-5-8-14-12)11(15)13-9-10-18(16,17)4-2/h14H,3-10H2,1-2H3,(H,13,15). The predicted octanol–water partition coefficient (Wildman–Crippen LogP) is 0.460. The third kappa shape index (κ3) is 3.95. The second-order valence-electron chi connectivity index (χ2n) is 4.85. The summed E-state index contributed by atoms with van der Waals surface area (Å²) in [5.41, 5.74) is -0.468. The second kappa shape index (κ2) is 6.52. The Labute approximate surface area is 110 Å². The van der Waals surface area contributed by atoms with Gasteiger partial charge in [0.15, 0.2) is 9.84 Å². The van der Waals surface area contributed by atoms with Crippen LogP contribution in [0.1, 0.15) is 39.5 Å². The summed E-state index contributed by atoms with van der Waals surface area (Å²) in [5, 5.41) is 6.03. The van der Waals surface area contributed by atoms with Crippen molar-refractivity contribution < 1.29 is 13.2 Å². The SMILES string of the molecule is CCCC1(C(=O)NCCS(=O)(=O)CC)CCCN1. The van der Waals surface area contributed by atoms with Crippen LogP contribution in [-0.4, -0.2) is 44.5 Å². The van der Waals surface area contributed by atoms with Crippen molar-refractivity contribution in [3.05, 3.63) is 0 Å². The van der Waals surface area contributed by atoms with Crippen LogP contribution < -0.4 is 10.6 Å². The first kappa shape index (κ1) is 15.4. The summed E-state index contributed by atoms with van der Waals surface area (Å²) in [7, 11) is -3.01. The first-order valence-electron chi connectivity index (χ1n) is 6.69. The lowest BCUT2D eigenvalue weighted by Crippen LogP contribution is -2.54. The van der Waals surface area contributed by atoms with Gasteiger partial charge in [0.1, 0.15) is 0 Å². The number of nitrogens with one attached hydrogen (secondary N) is 2. The van der Waals surface area contributed by atoms with Crippen molar-refractivity contribution in [2.24, 2.45) is 0 Å². The molecule has 0 aromatic carbocycles. The van der Waals surface area contributed by atoms with Crippen LogP contribution in [0.15, 0.2) is 0 Å². The van der Waals surface area contributed by atoms with Gasteiger partial charge in [-0.25, -0.2) is 8.42 Å². The van der Waals surface area contributed by atoms with E-state index in [1.54, 1.807) is 6.92 Å². The van der Waals surface area contributed by atoms with E-state index in [0.717, 1.165) is 32.2 Å². The smallest absolute Gasteiger partial charge is 0.240 e. The van der Waals surface area contributed by atoms with E-state index >= 15 is 0 Å². The molecule has 0 aliphatic carbocycles. The summed E-state index contributed by atoms with van der Waals surface area (Å²) in [6.45, 7) is 4.74. The fourth-order valence-electron chi connectivity index (χ4n) is 2.39. The zero-order valence-corrected chi connectivity index (χ0v) is 12.1. The summed E-state index contributed by atoms with van der Waals surface area (Å²) in [5.74, 6) is 0.103. The third-order valence-electron chi connectivity index (χ3n) is 3.49. The summed E-state index contributed by atoms with van der Waals surface area (Å²) in [4.78, 5) is 12.2. The molecule has 0 aromatic rings. The lowest BCUT2D eigenvalue weighted by atomic mass is 9.91. The van der Waals surface area contributed by atoms with Gasteiger partial charge in [0.25, 0.3) is 0 Å². The van der Waals surface area contributed by atoms with Crippen molar-refractivity contribution in [3.8, 4) is 0 Å². The molecule has 1 fully saturated rings. The summed E-state index contributed by atoms with van der Waals surface area (Å²) < 4.78 is 22.7. The highest BCUT2D eigenvalue weighted by Crippen LogP contribution is 2.24. The molecular weight excluding hydrogens is 252 g/mol. The van der Waals surface area contributed by atoms with Gasteiger partial charge < -0.3 is 10.6 Å². The molecule has 1 unspecified atom stereocenters. The average Bonchev–Trinajstić information content (AvgIpc) is 2.79. The van der Waals surface area contributed by atoms with Gasteiger partial charge >= 0.3 is 0 Å². The maximum absolute atomic E-state index is 12.2. The van der Waals surface area contributed by atoms with E-state index in [1.807, 2.05) is 0 Å². The molecule has 2 N–H and O–H groups in total. The van der Waals surface area contributed by atoms with Gasteiger partial charge in [-0.15, -0.1) is 0 Å². The van der Waals surface area contributed by atoms with E-state index in [1.165, 1.54) is 0 Å². The number of carbonyl (C=O) groups is 1. The van der Waals surface area contributed by atoms with Gasteiger partial charge in [0, 0.05) is 12.3 Å². The molecule has 1 heterocycles. The van der Waals surface area contributed by atoms with E-state index in [0.29, 0.717) is 0 Å². The van der Waals surface area contributed by atoms with Crippen molar-refractivity contribution >= 4 is 15.7 Å². The van der Waals surface area contributed by atoms with Crippen molar-refractivity contribution in [2.45, 2.75) is 45.1 Å². The minimum Gasteiger partial charge on any atom is -0.353 e. The van der Waals surface area contributed by atoms with Gasteiger partial charge in [0.05, 0.1) is 11.3 Å². The lowest BCUT2D eigenvalue weighted by molar-refractivity contribution is -0.127. The first-order chi connectivity index (χ1) is 8.46. The number of sulfone groups is 1. The molecule has 1 amide bonds. The van der Waals surface area contributed by atoms with Crippen LogP contribution >= 0.6 is 0 Å². The molecule has 1 rings (SSSR count). The molecule has 0 spiro atoms. The Hall–Kier alpha value is -0.620. The minimum atomic E-state index is -3.01. The molecule has 0 bridgehead atoms. The zero-order valence-electron chi connectivity index (χ0n) is 11.3. The Balaban J connectivity index is 2.48. The summed E-state index contributed by atoms with van der Waals surface area (Å²) >= 11 is 0. The van der Waals surface area contributed by atoms with E-state index in [2.05, 4.69) is 17.6 Å². The highest BCUT2D eigenvalue weighted by atomic mass is 32.2. The molecule has 1 aliphatic rings. The van der Waals surface area contributed by atoms with Crippen molar-refractivity contribution in [1.29, 1.82) is 0 Å². The largest absolute Gasteiger partial charge is 0.353 e. The molecule has 5 nitrogen and oxygen atoms in total. The Kier molecular flexibility index (Phi) is 5.59.